The lowest BCUT2D eigenvalue weighted by atomic mass is 10.3. The highest BCUT2D eigenvalue weighted by Crippen LogP contribution is 2.31. The summed E-state index contributed by atoms with van der Waals surface area (Å²) >= 11 is 1.37. The molecule has 0 atom stereocenters. The third kappa shape index (κ3) is 4.45. The fourth-order valence-corrected chi connectivity index (χ4v) is 2.92. The number of hydrogen-bond acceptors (Lipinski definition) is 5. The third-order valence-corrected chi connectivity index (χ3v) is 4.03. The predicted octanol–water partition coefficient (Wildman–Crippen LogP) is 4.36. The number of alkyl halides is 3. The standard InChI is InChI=1S/C12H13F3N2OS2/c1-2-18-8-3-4-9-10(7-8)20-11(17-9)16-5-6-19-12(13,14)15/h3-4,7H,2,5-6H2,1H3,(H,16,17). The number of halogens is 3. The Morgan fingerprint density at radius 1 is 1.40 bits per heavy atom. The maximum absolute atomic E-state index is 12.0. The van der Waals surface area contributed by atoms with Gasteiger partial charge in [0.25, 0.3) is 0 Å². The monoisotopic (exact) mass is 322 g/mol. The molecule has 1 aromatic carbocycles. The molecule has 0 saturated heterocycles. The van der Waals surface area contributed by atoms with Gasteiger partial charge >= 0.3 is 5.51 Å². The number of ether oxygens (including phenoxy) is 1. The highest BCUT2D eigenvalue weighted by Gasteiger charge is 2.27. The number of rotatable bonds is 6. The van der Waals surface area contributed by atoms with E-state index in [1.54, 1.807) is 0 Å². The Morgan fingerprint density at radius 2 is 2.20 bits per heavy atom. The number of nitrogens with zero attached hydrogens (tertiary/aromatic N) is 1. The fraction of sp³-hybridized carbons (Fsp3) is 0.417. The van der Waals surface area contributed by atoms with E-state index in [2.05, 4.69) is 10.3 Å². The van der Waals surface area contributed by atoms with Crippen LogP contribution in [0.15, 0.2) is 18.2 Å². The molecule has 8 heteroatoms. The van der Waals surface area contributed by atoms with Crippen molar-refractivity contribution in [2.45, 2.75) is 12.4 Å². The molecular weight excluding hydrogens is 309 g/mol. The minimum absolute atomic E-state index is 0.0369. The van der Waals surface area contributed by atoms with Gasteiger partial charge in [0, 0.05) is 12.3 Å². The number of benzene rings is 1. The van der Waals surface area contributed by atoms with Crippen LogP contribution in [0.3, 0.4) is 0 Å². The summed E-state index contributed by atoms with van der Waals surface area (Å²) in [5.41, 5.74) is -3.37. The van der Waals surface area contributed by atoms with Crippen molar-refractivity contribution in [1.82, 2.24) is 4.98 Å². The van der Waals surface area contributed by atoms with Crippen LogP contribution in [0.4, 0.5) is 18.3 Å². The second kappa shape index (κ2) is 6.53. The Hall–Kier alpha value is -1.15. The van der Waals surface area contributed by atoms with Gasteiger partial charge in [0.1, 0.15) is 5.75 Å². The molecule has 0 unspecified atom stereocenters. The molecule has 0 spiro atoms. The molecule has 110 valence electrons. The Balaban J connectivity index is 1.94. The third-order valence-electron chi connectivity index (χ3n) is 2.31. The first-order chi connectivity index (χ1) is 9.48. The van der Waals surface area contributed by atoms with Gasteiger partial charge in [-0.1, -0.05) is 11.3 Å². The van der Waals surface area contributed by atoms with Gasteiger partial charge in [0.05, 0.1) is 16.8 Å². The number of thioether (sulfide) groups is 1. The number of nitrogens with one attached hydrogen (secondary N) is 1. The maximum Gasteiger partial charge on any atom is 0.441 e. The van der Waals surface area contributed by atoms with Crippen LogP contribution in [0.2, 0.25) is 0 Å². The van der Waals surface area contributed by atoms with E-state index in [0.29, 0.717) is 11.7 Å². The molecule has 1 N–H and O–H groups in total. The molecule has 1 heterocycles. The second-order valence-electron chi connectivity index (χ2n) is 3.80. The number of hydrogen-bond donors (Lipinski definition) is 1. The van der Waals surface area contributed by atoms with Crippen molar-refractivity contribution in [3.8, 4) is 5.75 Å². The van der Waals surface area contributed by atoms with E-state index in [4.69, 9.17) is 4.74 Å². The summed E-state index contributed by atoms with van der Waals surface area (Å²) < 4.78 is 42.3. The van der Waals surface area contributed by atoms with Crippen LogP contribution in [-0.2, 0) is 0 Å². The Morgan fingerprint density at radius 3 is 2.90 bits per heavy atom. The Kier molecular flexibility index (Phi) is 4.98. The molecule has 0 aliphatic heterocycles. The molecule has 0 saturated carbocycles. The number of thiazole rings is 1. The number of fused-ring (bicyclic) bond motifs is 1. The summed E-state index contributed by atoms with van der Waals surface area (Å²) in [7, 11) is 0. The Labute approximate surface area is 122 Å². The lowest BCUT2D eigenvalue weighted by Crippen LogP contribution is -2.09. The van der Waals surface area contributed by atoms with Crippen molar-refractivity contribution in [1.29, 1.82) is 0 Å². The summed E-state index contributed by atoms with van der Waals surface area (Å²) in [5.74, 6) is 0.728. The molecule has 0 bridgehead atoms. The van der Waals surface area contributed by atoms with E-state index >= 15 is 0 Å². The van der Waals surface area contributed by atoms with Gasteiger partial charge in [-0.25, -0.2) is 4.98 Å². The zero-order valence-electron chi connectivity index (χ0n) is 10.7. The number of aromatic nitrogens is 1. The molecule has 2 rings (SSSR count). The van der Waals surface area contributed by atoms with Gasteiger partial charge in [0.2, 0.25) is 0 Å². The van der Waals surface area contributed by atoms with Gasteiger partial charge < -0.3 is 10.1 Å². The van der Waals surface area contributed by atoms with Gasteiger partial charge in [-0.15, -0.1) is 0 Å². The summed E-state index contributed by atoms with van der Waals surface area (Å²) in [5, 5.41) is 3.53. The SMILES string of the molecule is CCOc1ccc2nc(NCCSC(F)(F)F)sc2c1. The van der Waals surface area contributed by atoms with E-state index in [1.807, 2.05) is 25.1 Å². The quantitative estimate of drug-likeness (QED) is 0.801. The van der Waals surface area contributed by atoms with Crippen molar-refractivity contribution in [2.24, 2.45) is 0 Å². The van der Waals surface area contributed by atoms with Crippen LogP contribution < -0.4 is 10.1 Å². The smallest absolute Gasteiger partial charge is 0.441 e. The molecule has 20 heavy (non-hydrogen) atoms. The van der Waals surface area contributed by atoms with E-state index in [0.717, 1.165) is 16.0 Å². The van der Waals surface area contributed by atoms with E-state index in [9.17, 15) is 13.2 Å². The molecule has 0 aliphatic rings. The van der Waals surface area contributed by atoms with Crippen LogP contribution in [0.1, 0.15) is 6.92 Å². The molecule has 3 nitrogen and oxygen atoms in total. The molecule has 0 radical (unpaired) electrons. The topological polar surface area (TPSA) is 34.1 Å². The first kappa shape index (κ1) is 15.2. The van der Waals surface area contributed by atoms with Gasteiger partial charge in [0.15, 0.2) is 5.13 Å². The minimum atomic E-state index is -4.18. The van der Waals surface area contributed by atoms with E-state index < -0.39 is 5.51 Å². The first-order valence-electron chi connectivity index (χ1n) is 5.96. The molecule has 1 aromatic heterocycles. The largest absolute Gasteiger partial charge is 0.494 e. The van der Waals surface area contributed by atoms with Gasteiger partial charge in [-0.05, 0) is 36.9 Å². The molecule has 2 aromatic rings. The zero-order chi connectivity index (χ0) is 14.6. The van der Waals surface area contributed by atoms with Crippen molar-refractivity contribution < 1.29 is 17.9 Å². The van der Waals surface area contributed by atoms with E-state index in [-0.39, 0.29) is 24.1 Å². The van der Waals surface area contributed by atoms with Crippen LogP contribution >= 0.6 is 23.1 Å². The van der Waals surface area contributed by atoms with Crippen LogP contribution in [-0.4, -0.2) is 29.4 Å². The van der Waals surface area contributed by atoms with Crippen LogP contribution in [0.5, 0.6) is 5.75 Å². The maximum atomic E-state index is 12.0. The summed E-state index contributed by atoms with van der Waals surface area (Å²) in [6.45, 7) is 2.72. The zero-order valence-corrected chi connectivity index (χ0v) is 12.3. The van der Waals surface area contributed by atoms with Gasteiger partial charge in [-0.3, -0.25) is 0 Å². The predicted molar refractivity (Wildman–Crippen MR) is 77.8 cm³/mol. The molecule has 0 amide bonds. The van der Waals surface area contributed by atoms with Crippen molar-refractivity contribution >= 4 is 38.4 Å². The normalized spacial score (nSPS) is 11.8. The number of anilines is 1. The molecule has 0 fully saturated rings. The lowest BCUT2D eigenvalue weighted by Gasteiger charge is -2.05. The van der Waals surface area contributed by atoms with Crippen LogP contribution in [0, 0.1) is 0 Å². The Bertz CT molecular complexity index is 571. The van der Waals surface area contributed by atoms with Crippen molar-refractivity contribution in [3.05, 3.63) is 18.2 Å². The van der Waals surface area contributed by atoms with Gasteiger partial charge in [-0.2, -0.15) is 13.2 Å². The summed E-state index contributed by atoms with van der Waals surface area (Å²) in [6, 6.07) is 5.55. The van der Waals surface area contributed by atoms with Crippen molar-refractivity contribution in [2.75, 3.05) is 24.2 Å². The first-order valence-corrected chi connectivity index (χ1v) is 7.76. The highest BCUT2D eigenvalue weighted by atomic mass is 32.2. The molecular formula is C12H13F3N2OS2. The van der Waals surface area contributed by atoms with Crippen molar-refractivity contribution in [3.63, 3.8) is 0 Å². The van der Waals surface area contributed by atoms with E-state index in [1.165, 1.54) is 11.3 Å². The summed E-state index contributed by atoms with van der Waals surface area (Å²) in [4.78, 5) is 4.31. The fourth-order valence-electron chi connectivity index (χ4n) is 1.56. The summed E-state index contributed by atoms with van der Waals surface area (Å²) in [6.07, 6.45) is 0. The second-order valence-corrected chi connectivity index (χ2v) is 5.99. The highest BCUT2D eigenvalue weighted by molar-refractivity contribution is 8.00. The van der Waals surface area contributed by atoms with Crippen LogP contribution in [0.25, 0.3) is 10.2 Å². The lowest BCUT2D eigenvalue weighted by molar-refractivity contribution is -0.0327. The minimum Gasteiger partial charge on any atom is -0.494 e. The average Bonchev–Trinajstić information content (AvgIpc) is 2.76. The molecule has 0 aliphatic carbocycles. The average molecular weight is 322 g/mol.